The van der Waals surface area contributed by atoms with Crippen molar-refractivity contribution in [3.63, 3.8) is 0 Å². The van der Waals surface area contributed by atoms with E-state index in [0.717, 1.165) is 34.1 Å². The largest absolute Gasteiger partial charge is 0.469 e. The Hall–Kier alpha value is -2.21. The van der Waals surface area contributed by atoms with E-state index in [9.17, 15) is 0 Å². The fourth-order valence-corrected chi connectivity index (χ4v) is 5.02. The van der Waals surface area contributed by atoms with Gasteiger partial charge in [-0.25, -0.2) is 14.5 Å². The van der Waals surface area contributed by atoms with E-state index in [2.05, 4.69) is 17.0 Å². The molecule has 1 atom stereocenters. The van der Waals surface area contributed by atoms with E-state index in [1.165, 1.54) is 35.1 Å². The van der Waals surface area contributed by atoms with Crippen molar-refractivity contribution < 1.29 is 4.42 Å². The van der Waals surface area contributed by atoms with Gasteiger partial charge in [0.1, 0.15) is 16.9 Å². The molecular formula is C18H18N4OS. The van der Waals surface area contributed by atoms with Gasteiger partial charge in [-0.15, -0.1) is 16.4 Å². The van der Waals surface area contributed by atoms with Crippen LogP contribution in [0.3, 0.4) is 0 Å². The van der Waals surface area contributed by atoms with Crippen molar-refractivity contribution in [2.45, 2.75) is 39.5 Å². The Kier molecular flexibility index (Phi) is 3.03. The molecule has 0 radical (unpaired) electrons. The number of hydrogen-bond donors (Lipinski definition) is 0. The molecule has 0 aliphatic heterocycles. The van der Waals surface area contributed by atoms with Crippen molar-refractivity contribution in [3.05, 3.63) is 34.9 Å². The molecule has 5 rings (SSSR count). The molecule has 0 saturated heterocycles. The lowest BCUT2D eigenvalue weighted by Crippen LogP contribution is -2.11. The first-order valence-corrected chi connectivity index (χ1v) is 9.26. The molecule has 4 aromatic heterocycles. The third-order valence-electron chi connectivity index (χ3n) is 5.17. The molecule has 0 fully saturated rings. The summed E-state index contributed by atoms with van der Waals surface area (Å²) in [7, 11) is 0. The van der Waals surface area contributed by atoms with E-state index in [1.807, 2.05) is 28.8 Å². The highest BCUT2D eigenvalue weighted by molar-refractivity contribution is 7.19. The number of hydrogen-bond acceptors (Lipinski definition) is 5. The van der Waals surface area contributed by atoms with Gasteiger partial charge in [0.25, 0.3) is 0 Å². The first kappa shape index (κ1) is 14.2. The zero-order valence-corrected chi connectivity index (χ0v) is 14.6. The molecule has 6 heteroatoms. The average molecular weight is 338 g/mol. The lowest BCUT2D eigenvalue weighted by atomic mass is 9.86. The van der Waals surface area contributed by atoms with E-state index in [1.54, 1.807) is 12.6 Å². The zero-order chi connectivity index (χ0) is 16.3. The second-order valence-electron chi connectivity index (χ2n) is 6.54. The normalized spacial score (nSPS) is 17.7. The van der Waals surface area contributed by atoms with E-state index in [4.69, 9.17) is 9.40 Å². The summed E-state index contributed by atoms with van der Waals surface area (Å²) in [6, 6.07) is 1.92. The minimum atomic E-state index is 0.706. The number of furan rings is 1. The molecule has 0 N–H and O–H groups in total. The smallest absolute Gasteiger partial charge is 0.185 e. The second-order valence-corrected chi connectivity index (χ2v) is 7.62. The monoisotopic (exact) mass is 338 g/mol. The van der Waals surface area contributed by atoms with Crippen molar-refractivity contribution in [1.29, 1.82) is 0 Å². The topological polar surface area (TPSA) is 56.2 Å². The first-order valence-electron chi connectivity index (χ1n) is 8.44. The molecule has 0 bridgehead atoms. The fourth-order valence-electron chi connectivity index (χ4n) is 3.72. The van der Waals surface area contributed by atoms with Gasteiger partial charge in [0.15, 0.2) is 11.5 Å². The molecule has 0 saturated carbocycles. The molecule has 24 heavy (non-hydrogen) atoms. The first-order chi connectivity index (χ1) is 11.7. The Bertz CT molecular complexity index is 1060. The summed E-state index contributed by atoms with van der Waals surface area (Å²) in [5, 5.41) is 5.81. The molecule has 0 spiro atoms. The molecule has 1 aliphatic rings. The van der Waals surface area contributed by atoms with Crippen molar-refractivity contribution >= 4 is 27.2 Å². The molecule has 1 aliphatic carbocycles. The van der Waals surface area contributed by atoms with Gasteiger partial charge in [0.2, 0.25) is 0 Å². The quantitative estimate of drug-likeness (QED) is 0.543. The second kappa shape index (κ2) is 5.14. The fraction of sp³-hybridized carbons (Fsp3) is 0.389. The van der Waals surface area contributed by atoms with Crippen molar-refractivity contribution in [2.24, 2.45) is 5.92 Å². The van der Waals surface area contributed by atoms with E-state index in [-0.39, 0.29) is 0 Å². The van der Waals surface area contributed by atoms with E-state index < -0.39 is 0 Å². The highest BCUT2D eigenvalue weighted by atomic mass is 32.1. The van der Waals surface area contributed by atoms with Crippen molar-refractivity contribution in [1.82, 2.24) is 19.6 Å². The minimum Gasteiger partial charge on any atom is -0.469 e. The molecule has 4 aromatic rings. The Morgan fingerprint density at radius 2 is 2.33 bits per heavy atom. The molecule has 5 nitrogen and oxygen atoms in total. The maximum Gasteiger partial charge on any atom is 0.185 e. The number of aryl methyl sites for hydroxylation is 2. The van der Waals surface area contributed by atoms with E-state index in [0.29, 0.717) is 5.82 Å². The van der Waals surface area contributed by atoms with Crippen LogP contribution in [0.4, 0.5) is 0 Å². The van der Waals surface area contributed by atoms with Gasteiger partial charge in [0.05, 0.1) is 17.2 Å². The SMILES string of the molecule is CCC1CCc2c(sc3ncn4nc(-c5ccoc5C)nc4c23)C1. The van der Waals surface area contributed by atoms with Crippen LogP contribution in [0.2, 0.25) is 0 Å². The van der Waals surface area contributed by atoms with Crippen LogP contribution in [0.15, 0.2) is 23.1 Å². The predicted molar refractivity (Wildman–Crippen MR) is 94.4 cm³/mol. The number of thiophene rings is 1. The molecule has 1 unspecified atom stereocenters. The summed E-state index contributed by atoms with van der Waals surface area (Å²) in [6.45, 7) is 4.23. The van der Waals surface area contributed by atoms with Crippen LogP contribution in [0.5, 0.6) is 0 Å². The Morgan fingerprint density at radius 3 is 3.12 bits per heavy atom. The van der Waals surface area contributed by atoms with Crippen molar-refractivity contribution in [3.8, 4) is 11.4 Å². The number of nitrogens with zero attached hydrogens (tertiary/aromatic N) is 4. The average Bonchev–Trinajstić information content (AvgIpc) is 3.28. The highest BCUT2D eigenvalue weighted by Crippen LogP contribution is 2.39. The van der Waals surface area contributed by atoms with E-state index >= 15 is 0 Å². The maximum absolute atomic E-state index is 5.40. The number of rotatable bonds is 2. The van der Waals surface area contributed by atoms with Gasteiger partial charge in [-0.3, -0.25) is 0 Å². The predicted octanol–water partition coefficient (Wildman–Crippen LogP) is 4.42. The van der Waals surface area contributed by atoms with Gasteiger partial charge in [-0.2, -0.15) is 0 Å². The number of aromatic nitrogens is 4. The van der Waals surface area contributed by atoms with Gasteiger partial charge < -0.3 is 4.42 Å². The van der Waals surface area contributed by atoms with Crippen LogP contribution < -0.4 is 0 Å². The standard InChI is InChI=1S/C18H18N4OS/c1-3-11-4-5-13-14(8-11)24-18-15(13)17-20-16(21-22(17)9-19-18)12-6-7-23-10(12)2/h6-7,9,11H,3-5,8H2,1-2H3. The Balaban J connectivity index is 1.74. The van der Waals surface area contributed by atoms with Crippen LogP contribution in [0.1, 0.15) is 36.0 Å². The number of fused-ring (bicyclic) bond motifs is 5. The van der Waals surface area contributed by atoms with Crippen molar-refractivity contribution in [2.75, 3.05) is 0 Å². The Labute approximate surface area is 143 Å². The maximum atomic E-state index is 5.40. The molecule has 0 amide bonds. The van der Waals surface area contributed by atoms with Gasteiger partial charge >= 0.3 is 0 Å². The van der Waals surface area contributed by atoms with Crippen LogP contribution >= 0.6 is 11.3 Å². The third kappa shape index (κ3) is 1.95. The van der Waals surface area contributed by atoms with Gasteiger partial charge in [0, 0.05) is 4.88 Å². The van der Waals surface area contributed by atoms with Crippen LogP contribution in [-0.4, -0.2) is 19.6 Å². The van der Waals surface area contributed by atoms with Gasteiger partial charge in [-0.05, 0) is 43.7 Å². The highest BCUT2D eigenvalue weighted by Gasteiger charge is 2.25. The molecular weight excluding hydrogens is 320 g/mol. The van der Waals surface area contributed by atoms with Crippen LogP contribution in [0.25, 0.3) is 27.3 Å². The zero-order valence-electron chi connectivity index (χ0n) is 13.7. The molecule has 0 aromatic carbocycles. The minimum absolute atomic E-state index is 0.706. The lowest BCUT2D eigenvalue weighted by Gasteiger charge is -2.20. The third-order valence-corrected chi connectivity index (χ3v) is 6.33. The summed E-state index contributed by atoms with van der Waals surface area (Å²) in [5.41, 5.74) is 3.31. The summed E-state index contributed by atoms with van der Waals surface area (Å²) in [4.78, 5) is 12.0. The Morgan fingerprint density at radius 1 is 1.42 bits per heavy atom. The lowest BCUT2D eigenvalue weighted by molar-refractivity contribution is 0.451. The van der Waals surface area contributed by atoms with Crippen LogP contribution in [0, 0.1) is 12.8 Å². The summed E-state index contributed by atoms with van der Waals surface area (Å²) < 4.78 is 7.21. The summed E-state index contributed by atoms with van der Waals surface area (Å²) in [6.07, 6.45) is 8.29. The molecule has 4 heterocycles. The summed E-state index contributed by atoms with van der Waals surface area (Å²) in [5.74, 6) is 2.36. The van der Waals surface area contributed by atoms with Crippen LogP contribution in [-0.2, 0) is 12.8 Å². The summed E-state index contributed by atoms with van der Waals surface area (Å²) >= 11 is 1.83. The van der Waals surface area contributed by atoms with Gasteiger partial charge in [-0.1, -0.05) is 13.3 Å². The molecule has 122 valence electrons.